The topological polar surface area (TPSA) is 88.2 Å². The Hall–Kier alpha value is -2.51. The van der Waals surface area contributed by atoms with Gasteiger partial charge in [-0.2, -0.15) is 5.10 Å². The molecule has 0 spiro atoms. The van der Waals surface area contributed by atoms with Crippen molar-refractivity contribution in [1.29, 1.82) is 0 Å². The van der Waals surface area contributed by atoms with Crippen LogP contribution in [0.3, 0.4) is 0 Å². The number of benzene rings is 1. The maximum Gasteiger partial charge on any atom is 0.490 e. The number of rotatable bonds is 4. The number of aromatic nitrogens is 3. The second-order valence-corrected chi connectivity index (χ2v) is 5.11. The lowest BCUT2D eigenvalue weighted by molar-refractivity contribution is 0.0984. The first-order valence-electron chi connectivity index (χ1n) is 6.80. The Morgan fingerprint density at radius 3 is 2.77 bits per heavy atom. The predicted molar refractivity (Wildman–Crippen MR) is 82.8 cm³/mol. The summed E-state index contributed by atoms with van der Waals surface area (Å²) >= 11 is 0. The molecule has 6 nitrogen and oxygen atoms in total. The minimum Gasteiger partial charge on any atom is -0.423 e. The maximum atomic E-state index is 12.2. The average molecular weight is 295 g/mol. The van der Waals surface area contributed by atoms with E-state index in [-0.39, 0.29) is 12.2 Å². The molecule has 0 atom stereocenters. The molecule has 3 rings (SSSR count). The summed E-state index contributed by atoms with van der Waals surface area (Å²) in [4.78, 5) is 16.4. The molecule has 0 saturated heterocycles. The summed E-state index contributed by atoms with van der Waals surface area (Å²) < 4.78 is 1.55. The Morgan fingerprint density at radius 2 is 2.09 bits per heavy atom. The Bertz CT molecular complexity index is 845. The molecule has 0 radical (unpaired) electrons. The molecule has 0 unspecified atom stereocenters. The first-order valence-corrected chi connectivity index (χ1v) is 6.80. The normalized spacial score (nSPS) is 10.9. The van der Waals surface area contributed by atoms with Gasteiger partial charge < -0.3 is 10.0 Å². The number of Topliss-reactive ketones (excluding diaryl/α,β-unsaturated/α-hetero) is 1. The first-order chi connectivity index (χ1) is 10.5. The van der Waals surface area contributed by atoms with E-state index >= 15 is 0 Å². The summed E-state index contributed by atoms with van der Waals surface area (Å²) in [5.41, 5.74) is 2.46. The third-order valence-corrected chi connectivity index (χ3v) is 3.54. The van der Waals surface area contributed by atoms with Crippen LogP contribution in [0.25, 0.3) is 10.9 Å². The van der Waals surface area contributed by atoms with Crippen molar-refractivity contribution in [2.75, 3.05) is 0 Å². The van der Waals surface area contributed by atoms with Gasteiger partial charge in [0.15, 0.2) is 5.78 Å². The molecular weight excluding hydrogens is 281 g/mol. The number of carbonyl (C=O) groups is 1. The van der Waals surface area contributed by atoms with E-state index in [0.29, 0.717) is 16.7 Å². The molecule has 0 bridgehead atoms. The zero-order valence-electron chi connectivity index (χ0n) is 12.0. The van der Waals surface area contributed by atoms with Gasteiger partial charge in [-0.05, 0) is 23.1 Å². The molecular formula is C15H14BN3O3. The van der Waals surface area contributed by atoms with Crippen molar-refractivity contribution in [1.82, 2.24) is 14.8 Å². The lowest BCUT2D eigenvalue weighted by Crippen LogP contribution is -2.29. The standard InChI is InChI=1S/C15H14BN3O3/c1-19-14(4-5-18-19)15(20)7-10-2-3-11-8-12(16(21)22)9-17-13(11)6-10/h2-6,8-9,21-22H,7H2,1H3. The van der Waals surface area contributed by atoms with Crippen molar-refractivity contribution >= 4 is 29.3 Å². The van der Waals surface area contributed by atoms with Crippen LogP contribution in [0.2, 0.25) is 0 Å². The van der Waals surface area contributed by atoms with Crippen LogP contribution >= 0.6 is 0 Å². The molecule has 0 aliphatic rings. The molecule has 0 aliphatic heterocycles. The SMILES string of the molecule is Cn1nccc1C(=O)Cc1ccc2cc(B(O)O)cnc2c1. The van der Waals surface area contributed by atoms with E-state index in [2.05, 4.69) is 10.1 Å². The highest BCUT2D eigenvalue weighted by Crippen LogP contribution is 2.14. The third-order valence-electron chi connectivity index (χ3n) is 3.54. The molecule has 0 amide bonds. The van der Waals surface area contributed by atoms with Gasteiger partial charge in [-0.1, -0.05) is 18.2 Å². The fourth-order valence-electron chi connectivity index (χ4n) is 2.36. The molecule has 110 valence electrons. The fraction of sp³-hybridized carbons (Fsp3) is 0.133. The van der Waals surface area contributed by atoms with Crippen molar-refractivity contribution in [2.45, 2.75) is 6.42 Å². The summed E-state index contributed by atoms with van der Waals surface area (Å²) in [5, 5.41) is 23.1. The minimum atomic E-state index is -1.54. The van der Waals surface area contributed by atoms with E-state index in [1.165, 1.54) is 6.20 Å². The molecule has 0 fully saturated rings. The molecule has 7 heteroatoms. The first kappa shape index (κ1) is 14.4. The van der Waals surface area contributed by atoms with Crippen molar-refractivity contribution in [2.24, 2.45) is 7.05 Å². The molecule has 0 aliphatic carbocycles. The second kappa shape index (κ2) is 5.71. The lowest BCUT2D eigenvalue weighted by Gasteiger charge is -2.05. The summed E-state index contributed by atoms with van der Waals surface area (Å²) in [7, 11) is 0.194. The van der Waals surface area contributed by atoms with Gasteiger partial charge in [-0.3, -0.25) is 14.5 Å². The molecule has 2 N–H and O–H groups in total. The van der Waals surface area contributed by atoms with Crippen LogP contribution in [0.4, 0.5) is 0 Å². The molecule has 3 aromatic rings. The van der Waals surface area contributed by atoms with Gasteiger partial charge in [0.05, 0.1) is 5.52 Å². The Labute approximate surface area is 127 Å². The van der Waals surface area contributed by atoms with Crippen LogP contribution in [0.1, 0.15) is 16.1 Å². The van der Waals surface area contributed by atoms with Gasteiger partial charge in [-0.15, -0.1) is 0 Å². The van der Waals surface area contributed by atoms with E-state index < -0.39 is 7.12 Å². The van der Waals surface area contributed by atoms with Crippen LogP contribution in [0.5, 0.6) is 0 Å². The average Bonchev–Trinajstić information content (AvgIpc) is 2.92. The smallest absolute Gasteiger partial charge is 0.423 e. The highest BCUT2D eigenvalue weighted by Gasteiger charge is 2.13. The number of hydrogen-bond donors (Lipinski definition) is 2. The molecule has 2 aromatic heterocycles. The van der Waals surface area contributed by atoms with Crippen LogP contribution in [-0.2, 0) is 13.5 Å². The van der Waals surface area contributed by atoms with Crippen molar-refractivity contribution in [3.63, 3.8) is 0 Å². The zero-order valence-corrected chi connectivity index (χ0v) is 12.0. The van der Waals surface area contributed by atoms with E-state index in [9.17, 15) is 4.79 Å². The maximum absolute atomic E-state index is 12.2. The van der Waals surface area contributed by atoms with Crippen LogP contribution < -0.4 is 5.46 Å². The van der Waals surface area contributed by atoms with Gasteiger partial charge in [0, 0.05) is 31.3 Å². The van der Waals surface area contributed by atoms with Crippen LogP contribution in [0.15, 0.2) is 42.7 Å². The van der Waals surface area contributed by atoms with Crippen molar-refractivity contribution in [3.8, 4) is 0 Å². The Morgan fingerprint density at radius 1 is 1.27 bits per heavy atom. The third kappa shape index (κ3) is 2.76. The largest absolute Gasteiger partial charge is 0.490 e. The monoisotopic (exact) mass is 295 g/mol. The van der Waals surface area contributed by atoms with Crippen LogP contribution in [0, 0.1) is 0 Å². The van der Waals surface area contributed by atoms with Gasteiger partial charge in [0.2, 0.25) is 0 Å². The summed E-state index contributed by atoms with van der Waals surface area (Å²) in [5.74, 6) is -0.0123. The molecule has 22 heavy (non-hydrogen) atoms. The van der Waals surface area contributed by atoms with Gasteiger partial charge in [0.25, 0.3) is 0 Å². The number of pyridine rings is 1. The predicted octanol–water partition coefficient (Wildman–Crippen LogP) is 0.0735. The highest BCUT2D eigenvalue weighted by atomic mass is 16.4. The van der Waals surface area contributed by atoms with E-state index in [0.717, 1.165) is 10.9 Å². The number of nitrogens with zero attached hydrogens (tertiary/aromatic N) is 3. The highest BCUT2D eigenvalue weighted by molar-refractivity contribution is 6.58. The number of hydrogen-bond acceptors (Lipinski definition) is 5. The summed E-state index contributed by atoms with van der Waals surface area (Å²) in [6.45, 7) is 0. The Balaban J connectivity index is 1.88. The van der Waals surface area contributed by atoms with Crippen LogP contribution in [-0.4, -0.2) is 37.7 Å². The van der Waals surface area contributed by atoms with Gasteiger partial charge in [0.1, 0.15) is 5.69 Å². The van der Waals surface area contributed by atoms with Gasteiger partial charge >= 0.3 is 7.12 Å². The van der Waals surface area contributed by atoms with E-state index in [1.54, 1.807) is 30.1 Å². The number of aryl methyl sites for hydroxylation is 1. The number of fused-ring (bicyclic) bond motifs is 1. The van der Waals surface area contributed by atoms with Crippen molar-refractivity contribution < 1.29 is 14.8 Å². The quantitative estimate of drug-likeness (QED) is 0.525. The van der Waals surface area contributed by atoms with Gasteiger partial charge in [-0.25, -0.2) is 0 Å². The van der Waals surface area contributed by atoms with Crippen molar-refractivity contribution in [3.05, 3.63) is 54.0 Å². The molecule has 0 saturated carbocycles. The van der Waals surface area contributed by atoms with E-state index in [1.807, 2.05) is 18.2 Å². The Kier molecular flexibility index (Phi) is 3.74. The number of carbonyl (C=O) groups excluding carboxylic acids is 1. The summed E-state index contributed by atoms with van der Waals surface area (Å²) in [6, 6.07) is 8.85. The molecule has 1 aromatic carbocycles. The lowest BCUT2D eigenvalue weighted by atomic mass is 9.81. The zero-order chi connectivity index (χ0) is 15.7. The fourth-order valence-corrected chi connectivity index (χ4v) is 2.36. The molecule has 2 heterocycles. The number of ketones is 1. The minimum absolute atomic E-state index is 0.0123. The second-order valence-electron chi connectivity index (χ2n) is 5.11. The summed E-state index contributed by atoms with van der Waals surface area (Å²) in [6.07, 6.45) is 3.28. The van der Waals surface area contributed by atoms with E-state index in [4.69, 9.17) is 10.0 Å².